The molecule has 0 aromatic carbocycles. The van der Waals surface area contributed by atoms with Gasteiger partial charge in [0, 0.05) is 11.8 Å². The number of nitrogens with zero attached hydrogens (tertiary/aromatic N) is 1. The van der Waals surface area contributed by atoms with Gasteiger partial charge in [-0.05, 0) is 6.92 Å². The van der Waals surface area contributed by atoms with E-state index in [1.54, 1.807) is 0 Å². The van der Waals surface area contributed by atoms with Gasteiger partial charge in [0.25, 0.3) is 6.43 Å². The minimum absolute atomic E-state index is 0.0842. The third-order valence-corrected chi connectivity index (χ3v) is 1.65. The summed E-state index contributed by atoms with van der Waals surface area (Å²) < 4.78 is 24.6. The number of carbonyl (C=O) groups is 1. The van der Waals surface area contributed by atoms with E-state index < -0.39 is 17.7 Å². The first-order valence-corrected chi connectivity index (χ1v) is 3.49. The number of aldehydes is 1. The highest BCUT2D eigenvalue weighted by Gasteiger charge is 2.19. The van der Waals surface area contributed by atoms with Crippen molar-refractivity contribution in [1.82, 2.24) is 4.98 Å². The Hall–Kier alpha value is -1.52. The minimum Gasteiger partial charge on any atom is -0.506 e. The Bertz CT molecular complexity index is 339. The molecule has 0 amide bonds. The fraction of sp³-hybridized carbons (Fsp3) is 0.250. The van der Waals surface area contributed by atoms with Gasteiger partial charge in [0.05, 0.1) is 11.3 Å². The number of aromatic hydroxyl groups is 1. The van der Waals surface area contributed by atoms with Crippen LogP contribution in [0.5, 0.6) is 5.75 Å². The molecule has 0 radical (unpaired) electrons. The van der Waals surface area contributed by atoms with E-state index in [0.29, 0.717) is 0 Å². The molecule has 1 rings (SSSR count). The second kappa shape index (κ2) is 3.47. The van der Waals surface area contributed by atoms with Gasteiger partial charge in [-0.2, -0.15) is 0 Å². The number of carbonyl (C=O) groups excluding carboxylic acids is 1. The molecule has 0 aliphatic carbocycles. The van der Waals surface area contributed by atoms with Crippen LogP contribution in [-0.4, -0.2) is 16.4 Å². The highest BCUT2D eigenvalue weighted by atomic mass is 19.3. The molecule has 1 aromatic heterocycles. The second-order valence-electron chi connectivity index (χ2n) is 2.48. The van der Waals surface area contributed by atoms with E-state index in [1.807, 2.05) is 0 Å². The maximum Gasteiger partial charge on any atom is 0.268 e. The van der Waals surface area contributed by atoms with Crippen molar-refractivity contribution in [3.8, 4) is 5.75 Å². The Labute approximate surface area is 73.0 Å². The van der Waals surface area contributed by atoms with Crippen LogP contribution in [0.3, 0.4) is 0 Å². The highest BCUT2D eigenvalue weighted by molar-refractivity contribution is 5.78. The van der Waals surface area contributed by atoms with Crippen LogP contribution in [0, 0.1) is 6.92 Å². The van der Waals surface area contributed by atoms with Crippen molar-refractivity contribution in [3.63, 3.8) is 0 Å². The largest absolute Gasteiger partial charge is 0.506 e. The van der Waals surface area contributed by atoms with Crippen LogP contribution >= 0.6 is 0 Å². The molecule has 0 saturated carbocycles. The summed E-state index contributed by atoms with van der Waals surface area (Å²) in [7, 11) is 0. The van der Waals surface area contributed by atoms with E-state index in [2.05, 4.69) is 4.98 Å². The molecule has 1 N–H and O–H groups in total. The summed E-state index contributed by atoms with van der Waals surface area (Å²) in [6, 6.07) is 0. The average Bonchev–Trinajstić information content (AvgIpc) is 2.08. The van der Waals surface area contributed by atoms with Crippen molar-refractivity contribution in [2.24, 2.45) is 0 Å². The standard InChI is InChI=1S/C8H7F2NO2/c1-4-7(13)6(8(9)10)5(3-12)2-11-4/h2-3,8,13H,1H3. The summed E-state index contributed by atoms with van der Waals surface area (Å²) in [4.78, 5) is 13.9. The van der Waals surface area contributed by atoms with Crippen LogP contribution in [-0.2, 0) is 0 Å². The van der Waals surface area contributed by atoms with Gasteiger partial charge in [-0.15, -0.1) is 0 Å². The van der Waals surface area contributed by atoms with Crippen LogP contribution in [0.25, 0.3) is 0 Å². The number of hydrogen-bond donors (Lipinski definition) is 1. The topological polar surface area (TPSA) is 50.2 Å². The zero-order chi connectivity index (χ0) is 10.0. The van der Waals surface area contributed by atoms with Gasteiger partial charge in [-0.3, -0.25) is 9.78 Å². The molecule has 0 aliphatic rings. The quantitative estimate of drug-likeness (QED) is 0.718. The van der Waals surface area contributed by atoms with Gasteiger partial charge in [0.1, 0.15) is 5.75 Å². The predicted octanol–water partition coefficient (Wildman–Crippen LogP) is 1.85. The molecule has 3 nitrogen and oxygen atoms in total. The zero-order valence-electron chi connectivity index (χ0n) is 6.79. The van der Waals surface area contributed by atoms with E-state index in [4.69, 9.17) is 0 Å². The zero-order valence-corrected chi connectivity index (χ0v) is 6.79. The van der Waals surface area contributed by atoms with Gasteiger partial charge in [-0.25, -0.2) is 8.78 Å². The molecule has 0 bridgehead atoms. The van der Waals surface area contributed by atoms with E-state index >= 15 is 0 Å². The number of rotatable bonds is 2. The lowest BCUT2D eigenvalue weighted by Crippen LogP contribution is -1.97. The Kier molecular flexibility index (Phi) is 2.55. The number of alkyl halides is 2. The lowest BCUT2D eigenvalue weighted by Gasteiger charge is -2.07. The van der Waals surface area contributed by atoms with Gasteiger partial charge in [-0.1, -0.05) is 0 Å². The van der Waals surface area contributed by atoms with Gasteiger partial charge in [0.2, 0.25) is 0 Å². The smallest absolute Gasteiger partial charge is 0.268 e. The number of pyridine rings is 1. The first-order valence-electron chi connectivity index (χ1n) is 3.49. The molecule has 0 fully saturated rings. The lowest BCUT2D eigenvalue weighted by atomic mass is 10.1. The molecule has 0 saturated heterocycles. The van der Waals surface area contributed by atoms with Crippen LogP contribution in [0.15, 0.2) is 6.20 Å². The molecule has 5 heteroatoms. The van der Waals surface area contributed by atoms with E-state index in [9.17, 15) is 18.7 Å². The molecule has 0 unspecified atom stereocenters. The summed E-state index contributed by atoms with van der Waals surface area (Å²) in [5.74, 6) is -0.611. The molecule has 0 atom stereocenters. The average molecular weight is 187 g/mol. The van der Waals surface area contributed by atoms with Crippen molar-refractivity contribution in [1.29, 1.82) is 0 Å². The fourth-order valence-electron chi connectivity index (χ4n) is 0.952. The van der Waals surface area contributed by atoms with E-state index in [-0.39, 0.29) is 17.5 Å². The monoisotopic (exact) mass is 187 g/mol. The van der Waals surface area contributed by atoms with E-state index in [0.717, 1.165) is 6.20 Å². The van der Waals surface area contributed by atoms with Crippen molar-refractivity contribution in [2.75, 3.05) is 0 Å². The third kappa shape index (κ3) is 1.63. The molecular weight excluding hydrogens is 180 g/mol. The molecule has 1 heterocycles. The Morgan fingerprint density at radius 3 is 2.69 bits per heavy atom. The normalized spacial score (nSPS) is 10.5. The Morgan fingerprint density at radius 2 is 2.23 bits per heavy atom. The Morgan fingerprint density at radius 1 is 1.62 bits per heavy atom. The minimum atomic E-state index is -2.87. The van der Waals surface area contributed by atoms with Crippen LogP contribution in [0.4, 0.5) is 8.78 Å². The summed E-state index contributed by atoms with van der Waals surface area (Å²) in [6.45, 7) is 1.38. The SMILES string of the molecule is Cc1ncc(C=O)c(C(F)F)c1O. The van der Waals surface area contributed by atoms with Crippen molar-refractivity contribution < 1.29 is 18.7 Å². The molecule has 1 aromatic rings. The second-order valence-corrected chi connectivity index (χ2v) is 2.48. The molecule has 0 spiro atoms. The summed E-state index contributed by atoms with van der Waals surface area (Å²) in [5.41, 5.74) is -0.846. The molecule has 70 valence electrons. The molecular formula is C8H7F2NO2. The predicted molar refractivity (Wildman–Crippen MR) is 41.0 cm³/mol. The maximum absolute atomic E-state index is 12.3. The fourth-order valence-corrected chi connectivity index (χ4v) is 0.952. The number of aryl methyl sites for hydroxylation is 1. The molecule has 13 heavy (non-hydrogen) atoms. The first-order chi connectivity index (χ1) is 6.07. The van der Waals surface area contributed by atoms with Crippen LogP contribution in [0.2, 0.25) is 0 Å². The number of hydrogen-bond acceptors (Lipinski definition) is 3. The number of aromatic nitrogens is 1. The van der Waals surface area contributed by atoms with Crippen molar-refractivity contribution >= 4 is 6.29 Å². The first kappa shape index (κ1) is 9.57. The Balaban J connectivity index is 3.41. The van der Waals surface area contributed by atoms with Gasteiger partial charge < -0.3 is 5.11 Å². The summed E-state index contributed by atoms with van der Waals surface area (Å²) >= 11 is 0. The maximum atomic E-state index is 12.3. The summed E-state index contributed by atoms with van der Waals surface area (Å²) in [6.07, 6.45) is -1.61. The summed E-state index contributed by atoms with van der Waals surface area (Å²) in [5, 5.41) is 9.18. The highest BCUT2D eigenvalue weighted by Crippen LogP contribution is 2.31. The van der Waals surface area contributed by atoms with Crippen LogP contribution < -0.4 is 0 Å². The third-order valence-electron chi connectivity index (χ3n) is 1.65. The van der Waals surface area contributed by atoms with Crippen LogP contribution in [0.1, 0.15) is 28.0 Å². The van der Waals surface area contributed by atoms with Gasteiger partial charge in [0.15, 0.2) is 6.29 Å². The molecule has 0 aliphatic heterocycles. The number of halogens is 2. The lowest BCUT2D eigenvalue weighted by molar-refractivity contribution is 0.110. The van der Waals surface area contributed by atoms with Gasteiger partial charge >= 0.3 is 0 Å². The van der Waals surface area contributed by atoms with Crippen molar-refractivity contribution in [2.45, 2.75) is 13.3 Å². The van der Waals surface area contributed by atoms with Crippen molar-refractivity contribution in [3.05, 3.63) is 23.0 Å². The van der Waals surface area contributed by atoms with E-state index in [1.165, 1.54) is 6.92 Å².